The molecular weight excluding hydrogens is 288 g/mol. The van der Waals surface area contributed by atoms with Gasteiger partial charge in [0.05, 0.1) is 5.69 Å². The van der Waals surface area contributed by atoms with Crippen LogP contribution in [0.15, 0.2) is 12.1 Å². The number of amides is 2. The Kier molecular flexibility index (Phi) is 4.74. The van der Waals surface area contributed by atoms with Gasteiger partial charge >= 0.3 is 0 Å². The highest BCUT2D eigenvalue weighted by atomic mass is 32.1. The van der Waals surface area contributed by atoms with Crippen LogP contribution in [-0.4, -0.2) is 29.9 Å². The number of nitrogens with zero attached hydrogens (tertiary/aromatic N) is 1. The number of aromatic nitrogens is 1. The average Bonchev–Trinajstić information content (AvgIpc) is 2.75. The predicted octanol–water partition coefficient (Wildman–Crippen LogP) is 1.44. The first-order valence-electron chi connectivity index (χ1n) is 6.73. The Bertz CT molecular complexity index is 681. The van der Waals surface area contributed by atoms with Crippen molar-refractivity contribution in [3.63, 3.8) is 0 Å². The molecule has 0 aliphatic heterocycles. The molecule has 6 nitrogen and oxygen atoms in total. The zero-order valence-electron chi connectivity index (χ0n) is 12.0. The molecule has 0 aromatic carbocycles. The molecule has 21 heavy (non-hydrogen) atoms. The van der Waals surface area contributed by atoms with E-state index in [4.69, 9.17) is 5.73 Å². The molecule has 0 fully saturated rings. The number of nitrogens with one attached hydrogen (secondary N) is 2. The first kappa shape index (κ1) is 15.2. The molecule has 0 saturated heterocycles. The van der Waals surface area contributed by atoms with Crippen molar-refractivity contribution in [3.8, 4) is 0 Å². The lowest BCUT2D eigenvalue weighted by atomic mass is 10.2. The fraction of sp³-hybridized carbons (Fsp3) is 0.357. The van der Waals surface area contributed by atoms with Crippen LogP contribution in [0.1, 0.15) is 28.7 Å². The van der Waals surface area contributed by atoms with Crippen molar-refractivity contribution in [2.24, 2.45) is 0 Å². The van der Waals surface area contributed by atoms with E-state index in [1.807, 2.05) is 26.0 Å². The summed E-state index contributed by atoms with van der Waals surface area (Å²) < 4.78 is 0. The first-order chi connectivity index (χ1) is 10.0. The van der Waals surface area contributed by atoms with Gasteiger partial charge in [0.2, 0.25) is 5.91 Å². The molecular formula is C14H18N4O2S. The Hall–Kier alpha value is -2.15. The van der Waals surface area contributed by atoms with Gasteiger partial charge in [-0.05, 0) is 26.0 Å². The van der Waals surface area contributed by atoms with Crippen LogP contribution in [0.5, 0.6) is 0 Å². The maximum Gasteiger partial charge on any atom is 0.263 e. The van der Waals surface area contributed by atoms with Crippen molar-refractivity contribution < 1.29 is 9.59 Å². The number of nitrogen functional groups attached to an aromatic ring is 1. The number of hydrogen-bond acceptors (Lipinski definition) is 5. The highest BCUT2D eigenvalue weighted by molar-refractivity contribution is 7.21. The van der Waals surface area contributed by atoms with E-state index in [9.17, 15) is 9.59 Å². The third-order valence-electron chi connectivity index (χ3n) is 2.95. The maximum absolute atomic E-state index is 12.1. The normalized spacial score (nSPS) is 10.6. The van der Waals surface area contributed by atoms with E-state index in [1.54, 1.807) is 0 Å². The summed E-state index contributed by atoms with van der Waals surface area (Å²) in [6, 6.07) is 3.73. The van der Waals surface area contributed by atoms with Gasteiger partial charge in [0.15, 0.2) is 0 Å². The molecule has 0 saturated carbocycles. The minimum Gasteiger partial charge on any atom is -0.397 e. The summed E-state index contributed by atoms with van der Waals surface area (Å²) in [6.45, 7) is 4.61. The molecule has 0 unspecified atom stereocenters. The number of rotatable bonds is 5. The molecule has 7 heteroatoms. The second kappa shape index (κ2) is 6.53. The lowest BCUT2D eigenvalue weighted by molar-refractivity contribution is -0.120. The minimum atomic E-state index is -0.266. The quantitative estimate of drug-likeness (QED) is 0.778. The van der Waals surface area contributed by atoms with Gasteiger partial charge in [-0.25, -0.2) is 4.98 Å². The SMILES string of the molecule is CCNC(=O)CCNC(=O)c1sc2nc(C)ccc2c1N. The van der Waals surface area contributed by atoms with E-state index in [2.05, 4.69) is 15.6 Å². The fourth-order valence-corrected chi connectivity index (χ4v) is 2.97. The molecule has 2 amide bonds. The van der Waals surface area contributed by atoms with Gasteiger partial charge in [-0.15, -0.1) is 11.3 Å². The Morgan fingerprint density at radius 2 is 2.10 bits per heavy atom. The molecule has 2 heterocycles. The van der Waals surface area contributed by atoms with Crippen molar-refractivity contribution in [1.29, 1.82) is 0 Å². The molecule has 0 atom stereocenters. The zero-order valence-corrected chi connectivity index (χ0v) is 12.8. The van der Waals surface area contributed by atoms with E-state index in [1.165, 1.54) is 11.3 Å². The van der Waals surface area contributed by atoms with Crippen LogP contribution in [-0.2, 0) is 4.79 Å². The molecule has 4 N–H and O–H groups in total. The molecule has 0 spiro atoms. The van der Waals surface area contributed by atoms with E-state index in [-0.39, 0.29) is 24.8 Å². The number of carbonyl (C=O) groups is 2. The third-order valence-corrected chi connectivity index (χ3v) is 4.06. The largest absolute Gasteiger partial charge is 0.397 e. The molecule has 0 aliphatic carbocycles. The topological polar surface area (TPSA) is 97.1 Å². The molecule has 2 aromatic rings. The summed E-state index contributed by atoms with van der Waals surface area (Å²) in [6.07, 6.45) is 0.252. The first-order valence-corrected chi connectivity index (χ1v) is 7.55. The molecule has 2 aromatic heterocycles. The van der Waals surface area contributed by atoms with E-state index < -0.39 is 0 Å². The summed E-state index contributed by atoms with van der Waals surface area (Å²) >= 11 is 1.27. The Balaban J connectivity index is 2.06. The van der Waals surface area contributed by atoms with Crippen molar-refractivity contribution >= 4 is 39.1 Å². The van der Waals surface area contributed by atoms with Crippen LogP contribution in [0.25, 0.3) is 10.2 Å². The number of fused-ring (bicyclic) bond motifs is 1. The number of aryl methyl sites for hydroxylation is 1. The van der Waals surface area contributed by atoms with Crippen molar-refractivity contribution in [2.75, 3.05) is 18.8 Å². The van der Waals surface area contributed by atoms with E-state index in [0.717, 1.165) is 15.9 Å². The number of carbonyl (C=O) groups excluding carboxylic acids is 2. The van der Waals surface area contributed by atoms with Crippen LogP contribution in [0.3, 0.4) is 0 Å². The van der Waals surface area contributed by atoms with Crippen LogP contribution < -0.4 is 16.4 Å². The fourth-order valence-electron chi connectivity index (χ4n) is 1.91. The van der Waals surface area contributed by atoms with E-state index in [0.29, 0.717) is 17.1 Å². The summed E-state index contributed by atoms with van der Waals surface area (Å²) in [7, 11) is 0. The third kappa shape index (κ3) is 3.49. The number of pyridine rings is 1. The molecule has 0 aliphatic rings. The monoisotopic (exact) mass is 306 g/mol. The van der Waals surface area contributed by atoms with Gasteiger partial charge in [0, 0.05) is 30.6 Å². The molecule has 112 valence electrons. The summed E-state index contributed by atoms with van der Waals surface area (Å²) in [5.41, 5.74) is 7.32. The van der Waals surface area contributed by atoms with Gasteiger partial charge < -0.3 is 16.4 Å². The molecule has 0 radical (unpaired) electrons. The second-order valence-electron chi connectivity index (χ2n) is 4.61. The van der Waals surface area contributed by atoms with Crippen molar-refractivity contribution in [2.45, 2.75) is 20.3 Å². The zero-order chi connectivity index (χ0) is 15.4. The standard InChI is InChI=1S/C14H18N4O2S/c1-3-16-10(19)6-7-17-13(20)12-11(15)9-5-4-8(2)18-14(9)21-12/h4-5H,3,6-7,15H2,1-2H3,(H,16,19)(H,17,20). The van der Waals surface area contributed by atoms with Crippen LogP contribution in [0.4, 0.5) is 5.69 Å². The van der Waals surface area contributed by atoms with E-state index >= 15 is 0 Å². The van der Waals surface area contributed by atoms with Crippen LogP contribution >= 0.6 is 11.3 Å². The number of nitrogens with two attached hydrogens (primary N) is 1. The Morgan fingerprint density at radius 3 is 2.81 bits per heavy atom. The number of anilines is 1. The van der Waals surface area contributed by atoms with Gasteiger partial charge in [0.25, 0.3) is 5.91 Å². The Morgan fingerprint density at radius 1 is 1.33 bits per heavy atom. The highest BCUT2D eigenvalue weighted by Gasteiger charge is 2.17. The second-order valence-corrected chi connectivity index (χ2v) is 5.61. The van der Waals surface area contributed by atoms with Gasteiger partial charge in [0.1, 0.15) is 9.71 Å². The summed E-state index contributed by atoms with van der Waals surface area (Å²) in [4.78, 5) is 29.0. The van der Waals surface area contributed by atoms with Gasteiger partial charge in [-0.3, -0.25) is 9.59 Å². The van der Waals surface area contributed by atoms with Crippen molar-refractivity contribution in [1.82, 2.24) is 15.6 Å². The smallest absolute Gasteiger partial charge is 0.263 e. The summed E-state index contributed by atoms with van der Waals surface area (Å²) in [5.74, 6) is -0.350. The number of thiophene rings is 1. The Labute approximate surface area is 126 Å². The lowest BCUT2D eigenvalue weighted by Crippen LogP contribution is -2.30. The summed E-state index contributed by atoms with van der Waals surface area (Å²) in [5, 5.41) is 6.17. The van der Waals surface area contributed by atoms with Gasteiger partial charge in [-0.1, -0.05) is 0 Å². The molecule has 0 bridgehead atoms. The van der Waals surface area contributed by atoms with Crippen LogP contribution in [0, 0.1) is 6.92 Å². The average molecular weight is 306 g/mol. The highest BCUT2D eigenvalue weighted by Crippen LogP contribution is 2.32. The minimum absolute atomic E-state index is 0.0839. The lowest BCUT2D eigenvalue weighted by Gasteiger charge is -2.04. The maximum atomic E-state index is 12.1. The predicted molar refractivity (Wildman–Crippen MR) is 84.4 cm³/mol. The number of hydrogen-bond donors (Lipinski definition) is 3. The molecule has 2 rings (SSSR count). The van der Waals surface area contributed by atoms with Gasteiger partial charge in [-0.2, -0.15) is 0 Å². The van der Waals surface area contributed by atoms with Crippen LogP contribution in [0.2, 0.25) is 0 Å². The van der Waals surface area contributed by atoms with Crippen molar-refractivity contribution in [3.05, 3.63) is 22.7 Å².